The van der Waals surface area contributed by atoms with Crippen molar-refractivity contribution in [1.82, 2.24) is 5.32 Å². The molecule has 31 heavy (non-hydrogen) atoms. The Balaban J connectivity index is 2.34. The van der Waals surface area contributed by atoms with Gasteiger partial charge in [-0.3, -0.25) is 19.2 Å². The van der Waals surface area contributed by atoms with Crippen molar-refractivity contribution in [3.05, 3.63) is 21.8 Å². The van der Waals surface area contributed by atoms with Crippen LogP contribution in [0, 0.1) is 10.7 Å². The highest BCUT2D eigenvalue weighted by atomic mass is 127. The Morgan fingerprint density at radius 2 is 1.74 bits per heavy atom. The summed E-state index contributed by atoms with van der Waals surface area (Å²) < 4.78 is 17.0. The van der Waals surface area contributed by atoms with E-state index in [0.717, 1.165) is 0 Å². The number of halogens is 4. The number of anilines is 1. The zero-order chi connectivity index (χ0) is 23.5. The maximum absolute atomic E-state index is 13.0. The number of nitrogens with one attached hydrogen (secondary N) is 2. The largest absolute Gasteiger partial charge is 0.456 e. The third-order valence-corrected chi connectivity index (χ3v) is 7.39. The third-order valence-electron chi connectivity index (χ3n) is 3.97. The second kappa shape index (κ2) is 11.2. The molecule has 9 nitrogen and oxygen atoms in total. The summed E-state index contributed by atoms with van der Waals surface area (Å²) in [6.45, 7) is 4.76. The van der Waals surface area contributed by atoms with Gasteiger partial charge >= 0.3 is 5.97 Å². The van der Waals surface area contributed by atoms with Crippen molar-refractivity contribution >= 4 is 108 Å². The molecule has 13 heteroatoms. The van der Waals surface area contributed by atoms with Crippen LogP contribution in [0.1, 0.15) is 41.5 Å². The zero-order valence-corrected chi connectivity index (χ0v) is 23.8. The second-order valence-corrected chi connectivity index (χ2v) is 10.4. The van der Waals surface area contributed by atoms with Crippen LogP contribution in [0.4, 0.5) is 5.69 Å². The van der Waals surface area contributed by atoms with Crippen LogP contribution < -0.4 is 10.6 Å². The summed E-state index contributed by atoms with van der Waals surface area (Å²) in [4.78, 5) is 48.2. The van der Waals surface area contributed by atoms with E-state index in [1.54, 1.807) is 13.8 Å². The third kappa shape index (κ3) is 7.09. The lowest BCUT2D eigenvalue weighted by atomic mass is 10.1. The van der Waals surface area contributed by atoms with Gasteiger partial charge in [0.25, 0.3) is 17.1 Å². The molecule has 0 aromatic heterocycles. The van der Waals surface area contributed by atoms with Crippen LogP contribution in [0.15, 0.2) is 0 Å². The number of benzene rings is 1. The molecule has 1 aliphatic rings. The van der Waals surface area contributed by atoms with E-state index < -0.39 is 35.4 Å². The summed E-state index contributed by atoms with van der Waals surface area (Å²) in [6, 6.07) is 0. The molecule has 0 radical (unpaired) electrons. The Bertz CT molecular complexity index is 939. The Hall–Kier alpha value is -0.300. The molecule has 1 atom stereocenters. The normalized spacial score (nSPS) is 17.2. The summed E-state index contributed by atoms with van der Waals surface area (Å²) in [7, 11) is 0. The van der Waals surface area contributed by atoms with Crippen LogP contribution in [0.25, 0.3) is 0 Å². The van der Waals surface area contributed by atoms with E-state index in [1.807, 2.05) is 67.8 Å². The average molecular weight is 791 g/mol. The summed E-state index contributed by atoms with van der Waals surface area (Å²) in [5.41, 5.74) is 0.513. The summed E-state index contributed by atoms with van der Waals surface area (Å²) in [5, 5.41) is 4.59. The number of amides is 2. The number of carbonyl (C=O) groups excluding carboxylic acids is 4. The quantitative estimate of drug-likeness (QED) is 0.248. The van der Waals surface area contributed by atoms with Gasteiger partial charge in [-0.2, -0.15) is 0 Å². The maximum atomic E-state index is 13.0. The van der Waals surface area contributed by atoms with Gasteiger partial charge in [0.05, 0.1) is 30.6 Å². The molecule has 1 aliphatic heterocycles. The maximum Gasteiger partial charge on any atom is 0.303 e. The van der Waals surface area contributed by atoms with Gasteiger partial charge in [-0.15, -0.1) is 0 Å². The van der Waals surface area contributed by atoms with E-state index in [1.165, 1.54) is 6.92 Å². The fourth-order valence-corrected chi connectivity index (χ4v) is 7.57. The van der Waals surface area contributed by atoms with E-state index >= 15 is 0 Å². The summed E-state index contributed by atoms with van der Waals surface area (Å²) in [5.74, 6) is -2.42. The van der Waals surface area contributed by atoms with E-state index in [0.29, 0.717) is 17.3 Å². The number of hydrogen-bond acceptors (Lipinski definition) is 7. The summed E-state index contributed by atoms with van der Waals surface area (Å²) >= 11 is 11.4. The Kier molecular flexibility index (Phi) is 9.75. The number of carbonyl (C=O) groups is 4. The Labute approximate surface area is 224 Å². The molecule has 0 saturated carbocycles. The number of hydrogen-bond donors (Lipinski definition) is 2. The van der Waals surface area contributed by atoms with E-state index in [9.17, 15) is 19.2 Å². The van der Waals surface area contributed by atoms with Gasteiger partial charge in [0.1, 0.15) is 6.10 Å². The average Bonchev–Trinajstić information content (AvgIpc) is 3.00. The molecule has 1 heterocycles. The van der Waals surface area contributed by atoms with Gasteiger partial charge in [0.2, 0.25) is 0 Å². The lowest BCUT2D eigenvalue weighted by Gasteiger charge is -2.19. The van der Waals surface area contributed by atoms with Crippen molar-refractivity contribution in [2.75, 3.05) is 25.1 Å². The molecule has 2 rings (SSSR count). The van der Waals surface area contributed by atoms with Crippen molar-refractivity contribution in [2.45, 2.75) is 32.7 Å². The van der Waals surface area contributed by atoms with E-state index in [4.69, 9.17) is 25.8 Å². The molecule has 2 amide bonds. The van der Waals surface area contributed by atoms with Gasteiger partial charge in [-0.25, -0.2) is 0 Å². The first-order valence-electron chi connectivity index (χ1n) is 8.77. The second-order valence-electron chi connectivity index (χ2n) is 6.83. The highest BCUT2D eigenvalue weighted by Gasteiger charge is 2.33. The molecule has 1 saturated heterocycles. The number of ether oxygens (including phenoxy) is 3. The van der Waals surface area contributed by atoms with Gasteiger partial charge in [0.15, 0.2) is 12.4 Å². The predicted molar refractivity (Wildman–Crippen MR) is 137 cm³/mol. The SMILES string of the molecule is CC(=O)OCC(=O)Nc1c(I)c(C(=O)Cl)c(I)c(C(=O)NCC2COC(C)(C)O2)c1I. The minimum Gasteiger partial charge on any atom is -0.456 e. The minimum atomic E-state index is -0.774. The number of rotatable bonds is 7. The first kappa shape index (κ1) is 26.9. The van der Waals surface area contributed by atoms with Crippen molar-refractivity contribution in [2.24, 2.45) is 0 Å². The lowest BCUT2D eigenvalue weighted by Crippen LogP contribution is -2.35. The molecule has 170 valence electrons. The zero-order valence-electron chi connectivity index (χ0n) is 16.6. The Morgan fingerprint density at radius 3 is 2.26 bits per heavy atom. The topological polar surface area (TPSA) is 120 Å². The molecular weight excluding hydrogens is 772 g/mol. The van der Waals surface area contributed by atoms with Crippen LogP contribution in [-0.4, -0.2) is 54.7 Å². The van der Waals surface area contributed by atoms with Gasteiger partial charge in [-0.05, 0) is 93.2 Å². The van der Waals surface area contributed by atoms with E-state index in [2.05, 4.69) is 10.6 Å². The predicted octanol–water partition coefficient (Wildman–Crippen LogP) is 3.26. The highest BCUT2D eigenvalue weighted by Crippen LogP contribution is 2.36. The number of esters is 1. The molecule has 1 fully saturated rings. The molecule has 1 unspecified atom stereocenters. The van der Waals surface area contributed by atoms with Crippen LogP contribution in [0.5, 0.6) is 0 Å². The van der Waals surface area contributed by atoms with Crippen molar-refractivity contribution in [3.8, 4) is 0 Å². The molecule has 1 aromatic rings. The first-order valence-corrected chi connectivity index (χ1v) is 12.4. The molecule has 1 aromatic carbocycles. The van der Waals surface area contributed by atoms with Crippen LogP contribution >= 0.6 is 79.4 Å². The van der Waals surface area contributed by atoms with Crippen LogP contribution in [0.3, 0.4) is 0 Å². The molecule has 0 bridgehead atoms. The highest BCUT2D eigenvalue weighted by molar-refractivity contribution is 14.1. The van der Waals surface area contributed by atoms with Gasteiger partial charge in [0, 0.05) is 17.0 Å². The van der Waals surface area contributed by atoms with E-state index in [-0.39, 0.29) is 29.5 Å². The minimum absolute atomic E-state index is 0.0952. The first-order chi connectivity index (χ1) is 14.3. The molecule has 2 N–H and O–H groups in total. The lowest BCUT2D eigenvalue weighted by molar-refractivity contribution is -0.144. The molecule has 0 spiro atoms. The van der Waals surface area contributed by atoms with Gasteiger partial charge in [-0.1, -0.05) is 0 Å². The van der Waals surface area contributed by atoms with Gasteiger partial charge < -0.3 is 24.8 Å². The molecular formula is C18H18ClI3N2O7. The van der Waals surface area contributed by atoms with Crippen molar-refractivity contribution < 1.29 is 33.4 Å². The van der Waals surface area contributed by atoms with Crippen LogP contribution in [-0.2, 0) is 23.8 Å². The summed E-state index contributed by atoms with van der Waals surface area (Å²) in [6.07, 6.45) is -0.324. The fraction of sp³-hybridized carbons (Fsp3) is 0.444. The van der Waals surface area contributed by atoms with Crippen molar-refractivity contribution in [3.63, 3.8) is 0 Å². The van der Waals surface area contributed by atoms with Crippen molar-refractivity contribution in [1.29, 1.82) is 0 Å². The monoisotopic (exact) mass is 790 g/mol. The fourth-order valence-electron chi connectivity index (χ4n) is 2.65. The van der Waals surface area contributed by atoms with Crippen LogP contribution in [0.2, 0.25) is 0 Å². The molecule has 0 aliphatic carbocycles. The smallest absolute Gasteiger partial charge is 0.303 e. The Morgan fingerprint density at radius 1 is 1.13 bits per heavy atom. The standard InChI is InChI=1S/C18H18ClI3N2O7/c1-7(25)29-6-9(26)24-15-13(21)10(16(19)27)12(20)11(14(15)22)17(28)23-4-8-5-30-18(2,3)31-8/h8H,4-6H2,1-3H3,(H,23,28)(H,24,26).